The van der Waals surface area contributed by atoms with Crippen LogP contribution in [0.2, 0.25) is 5.02 Å². The first-order valence-corrected chi connectivity index (χ1v) is 12.5. The Morgan fingerprint density at radius 3 is 2.11 bits per heavy atom. The highest BCUT2D eigenvalue weighted by Crippen LogP contribution is 2.33. The van der Waals surface area contributed by atoms with Crippen molar-refractivity contribution < 1.29 is 4.39 Å². The third kappa shape index (κ3) is 5.18. The van der Waals surface area contributed by atoms with Gasteiger partial charge in [-0.2, -0.15) is 5.10 Å². The lowest BCUT2D eigenvalue weighted by atomic mass is 10.0. The van der Waals surface area contributed by atoms with E-state index in [0.717, 1.165) is 60.8 Å². The van der Waals surface area contributed by atoms with E-state index in [9.17, 15) is 4.39 Å². The molecule has 1 fully saturated rings. The lowest BCUT2D eigenvalue weighted by Crippen LogP contribution is -2.48. The summed E-state index contributed by atoms with van der Waals surface area (Å²) in [5, 5.41) is 5.51. The molecule has 2 heterocycles. The van der Waals surface area contributed by atoms with Crippen molar-refractivity contribution in [1.82, 2.24) is 19.6 Å². The molecule has 1 aliphatic rings. The van der Waals surface area contributed by atoms with Crippen molar-refractivity contribution >= 4 is 11.6 Å². The van der Waals surface area contributed by atoms with Crippen LogP contribution in [0.3, 0.4) is 0 Å². The van der Waals surface area contributed by atoms with Crippen molar-refractivity contribution in [2.75, 3.05) is 26.2 Å². The van der Waals surface area contributed by atoms with Gasteiger partial charge in [-0.3, -0.25) is 9.80 Å². The minimum Gasteiger partial charge on any atom is -0.298 e. The first-order valence-electron chi connectivity index (χ1n) is 12.1. The molecule has 0 unspecified atom stereocenters. The third-order valence-corrected chi connectivity index (χ3v) is 7.12. The van der Waals surface area contributed by atoms with Gasteiger partial charge in [0.1, 0.15) is 5.82 Å². The minimum absolute atomic E-state index is 0.232. The summed E-state index contributed by atoms with van der Waals surface area (Å²) >= 11 is 6.67. The van der Waals surface area contributed by atoms with Crippen LogP contribution < -0.4 is 0 Å². The molecule has 180 valence electrons. The molecule has 35 heavy (non-hydrogen) atoms. The monoisotopic (exact) mass is 488 g/mol. The van der Waals surface area contributed by atoms with E-state index in [1.165, 1.54) is 17.7 Å². The van der Waals surface area contributed by atoms with Crippen LogP contribution in [0.1, 0.15) is 19.4 Å². The summed E-state index contributed by atoms with van der Waals surface area (Å²) < 4.78 is 15.3. The van der Waals surface area contributed by atoms with Gasteiger partial charge in [-0.15, -0.1) is 0 Å². The summed E-state index contributed by atoms with van der Waals surface area (Å²) in [6, 6.07) is 23.3. The molecule has 6 heteroatoms. The number of aromatic nitrogens is 2. The lowest BCUT2D eigenvalue weighted by molar-refractivity contribution is 0.104. The van der Waals surface area contributed by atoms with Gasteiger partial charge >= 0.3 is 0 Å². The molecule has 0 bridgehead atoms. The van der Waals surface area contributed by atoms with Crippen LogP contribution in [-0.2, 0) is 6.54 Å². The predicted octanol–water partition coefficient (Wildman–Crippen LogP) is 6.52. The zero-order valence-corrected chi connectivity index (χ0v) is 20.9. The van der Waals surface area contributed by atoms with E-state index < -0.39 is 0 Å². The number of nitrogens with zero attached hydrogens (tertiary/aromatic N) is 4. The van der Waals surface area contributed by atoms with Crippen molar-refractivity contribution in [1.29, 1.82) is 0 Å². The SMILES string of the molecule is CC(C)N1CCN(Cc2cnn(-c3ccc(-c4ccc(F)cc4)cc3)c2-c2ccccc2Cl)CC1. The second kappa shape index (κ2) is 10.3. The quantitative estimate of drug-likeness (QED) is 0.308. The van der Waals surface area contributed by atoms with E-state index in [1.54, 1.807) is 12.1 Å². The molecule has 0 radical (unpaired) electrons. The van der Waals surface area contributed by atoms with Crippen LogP contribution in [0.5, 0.6) is 0 Å². The van der Waals surface area contributed by atoms with Gasteiger partial charge in [-0.05, 0) is 55.3 Å². The molecule has 4 nitrogen and oxygen atoms in total. The van der Waals surface area contributed by atoms with Gasteiger partial charge < -0.3 is 0 Å². The standard InChI is InChI=1S/C29H30ClFN4/c1-21(2)34-17-15-33(16-18-34)20-24-19-32-35(29(24)27-5-3-4-6-28(27)30)26-13-9-23(10-14-26)22-7-11-25(31)12-8-22/h3-14,19,21H,15-18,20H2,1-2H3. The Hall–Kier alpha value is -2.99. The van der Waals surface area contributed by atoms with Crippen LogP contribution in [0.15, 0.2) is 79.0 Å². The summed E-state index contributed by atoms with van der Waals surface area (Å²) in [6.07, 6.45) is 1.97. The highest BCUT2D eigenvalue weighted by atomic mass is 35.5. The first kappa shape index (κ1) is 23.7. The molecule has 3 aromatic carbocycles. The molecule has 0 amide bonds. The van der Waals surface area contributed by atoms with E-state index >= 15 is 0 Å². The zero-order chi connectivity index (χ0) is 24.4. The maximum absolute atomic E-state index is 13.3. The molecule has 1 aliphatic heterocycles. The fraction of sp³-hybridized carbons (Fsp3) is 0.276. The fourth-order valence-electron chi connectivity index (χ4n) is 4.75. The van der Waals surface area contributed by atoms with E-state index in [2.05, 4.69) is 41.8 Å². The molecule has 0 saturated carbocycles. The van der Waals surface area contributed by atoms with Crippen LogP contribution in [0.25, 0.3) is 28.1 Å². The molecule has 4 aromatic rings. The van der Waals surface area contributed by atoms with Gasteiger partial charge in [-0.1, -0.05) is 54.1 Å². The zero-order valence-electron chi connectivity index (χ0n) is 20.2. The molecular weight excluding hydrogens is 459 g/mol. The summed E-state index contributed by atoms with van der Waals surface area (Å²) in [7, 11) is 0. The number of halogens is 2. The molecule has 0 atom stereocenters. The molecule has 1 aromatic heterocycles. The Morgan fingerprint density at radius 1 is 0.857 bits per heavy atom. The van der Waals surface area contributed by atoms with E-state index in [-0.39, 0.29) is 5.82 Å². The van der Waals surface area contributed by atoms with Gasteiger partial charge in [0.25, 0.3) is 0 Å². The Bertz CT molecular complexity index is 1270. The largest absolute Gasteiger partial charge is 0.298 e. The van der Waals surface area contributed by atoms with Crippen LogP contribution in [0, 0.1) is 5.82 Å². The van der Waals surface area contributed by atoms with E-state index in [4.69, 9.17) is 16.7 Å². The average molecular weight is 489 g/mol. The molecule has 5 rings (SSSR count). The predicted molar refractivity (Wildman–Crippen MR) is 141 cm³/mol. The summed E-state index contributed by atoms with van der Waals surface area (Å²) in [5.41, 5.74) is 6.14. The van der Waals surface area contributed by atoms with Gasteiger partial charge in [0.15, 0.2) is 0 Å². The Kier molecular flexibility index (Phi) is 7.00. The molecule has 1 saturated heterocycles. The van der Waals surface area contributed by atoms with Gasteiger partial charge in [0.05, 0.1) is 17.6 Å². The smallest absolute Gasteiger partial charge is 0.123 e. The lowest BCUT2D eigenvalue weighted by Gasteiger charge is -2.36. The van der Waals surface area contributed by atoms with Gasteiger partial charge in [0, 0.05) is 54.9 Å². The molecule has 0 N–H and O–H groups in total. The molecule has 0 spiro atoms. The molecular formula is C29H30ClFN4. The fourth-order valence-corrected chi connectivity index (χ4v) is 4.98. The second-order valence-corrected chi connectivity index (χ2v) is 9.78. The maximum Gasteiger partial charge on any atom is 0.123 e. The number of piperazine rings is 1. The number of hydrogen-bond acceptors (Lipinski definition) is 3. The van der Waals surface area contributed by atoms with E-state index in [1.807, 2.05) is 41.2 Å². The second-order valence-electron chi connectivity index (χ2n) is 9.37. The highest BCUT2D eigenvalue weighted by Gasteiger charge is 2.23. The number of rotatable bonds is 6. The highest BCUT2D eigenvalue weighted by molar-refractivity contribution is 6.33. The Morgan fingerprint density at radius 2 is 1.49 bits per heavy atom. The maximum atomic E-state index is 13.3. The summed E-state index contributed by atoms with van der Waals surface area (Å²) in [5.74, 6) is -0.232. The molecule has 0 aliphatic carbocycles. The minimum atomic E-state index is -0.232. The van der Waals surface area contributed by atoms with Crippen molar-refractivity contribution in [3.05, 3.63) is 95.4 Å². The van der Waals surface area contributed by atoms with Crippen molar-refractivity contribution in [3.63, 3.8) is 0 Å². The van der Waals surface area contributed by atoms with Crippen molar-refractivity contribution in [3.8, 4) is 28.1 Å². The normalized spacial score (nSPS) is 15.1. The van der Waals surface area contributed by atoms with Gasteiger partial charge in [-0.25, -0.2) is 9.07 Å². The Labute approximate surface area is 211 Å². The Balaban J connectivity index is 1.47. The topological polar surface area (TPSA) is 24.3 Å². The van der Waals surface area contributed by atoms with Gasteiger partial charge in [0.2, 0.25) is 0 Å². The van der Waals surface area contributed by atoms with Crippen LogP contribution in [0.4, 0.5) is 4.39 Å². The van der Waals surface area contributed by atoms with Crippen molar-refractivity contribution in [2.45, 2.75) is 26.4 Å². The van der Waals surface area contributed by atoms with E-state index in [0.29, 0.717) is 11.1 Å². The number of hydrogen-bond donors (Lipinski definition) is 0. The van der Waals surface area contributed by atoms with Crippen LogP contribution >= 0.6 is 11.6 Å². The third-order valence-electron chi connectivity index (χ3n) is 6.79. The number of benzene rings is 3. The average Bonchev–Trinajstić information content (AvgIpc) is 3.28. The summed E-state index contributed by atoms with van der Waals surface area (Å²) in [6.45, 7) is 9.60. The van der Waals surface area contributed by atoms with Crippen LogP contribution in [-0.4, -0.2) is 51.8 Å². The summed E-state index contributed by atoms with van der Waals surface area (Å²) in [4.78, 5) is 5.02. The van der Waals surface area contributed by atoms with Crippen molar-refractivity contribution in [2.24, 2.45) is 0 Å². The first-order chi connectivity index (χ1) is 17.0.